The van der Waals surface area contributed by atoms with E-state index in [1.807, 2.05) is 30.3 Å². The quantitative estimate of drug-likeness (QED) is 0.533. The average Bonchev–Trinajstić information content (AvgIpc) is 3.27. The van der Waals surface area contributed by atoms with Crippen LogP contribution in [-0.4, -0.2) is 18.1 Å². The molecule has 28 heavy (non-hydrogen) atoms. The smallest absolute Gasteiger partial charge is 0.252 e. The number of carbonyl (C=O) groups excluding carboxylic acids is 1. The number of phenols is 1. The summed E-state index contributed by atoms with van der Waals surface area (Å²) >= 11 is 0. The van der Waals surface area contributed by atoms with Crippen molar-refractivity contribution in [1.82, 2.24) is 5.32 Å². The van der Waals surface area contributed by atoms with Crippen molar-refractivity contribution in [3.8, 4) is 11.5 Å². The summed E-state index contributed by atoms with van der Waals surface area (Å²) in [5.74, 6) is 1.02. The molecule has 0 bridgehead atoms. The summed E-state index contributed by atoms with van der Waals surface area (Å²) in [6.45, 7) is 0. The first-order valence-corrected chi connectivity index (χ1v) is 8.86. The van der Waals surface area contributed by atoms with Crippen molar-refractivity contribution in [3.05, 3.63) is 95.9 Å². The maximum Gasteiger partial charge on any atom is 0.252 e. The van der Waals surface area contributed by atoms with E-state index in [2.05, 4.69) is 5.32 Å². The Hall–Kier alpha value is -3.73. The Kier molecular flexibility index (Phi) is 4.72. The number of methoxy groups -OCH3 is 1. The van der Waals surface area contributed by atoms with E-state index < -0.39 is 6.04 Å². The molecular weight excluding hydrogens is 354 g/mol. The Morgan fingerprint density at radius 2 is 1.79 bits per heavy atom. The molecule has 0 saturated heterocycles. The summed E-state index contributed by atoms with van der Waals surface area (Å²) in [7, 11) is 1.57. The number of rotatable bonds is 5. The predicted molar refractivity (Wildman–Crippen MR) is 107 cm³/mol. The summed E-state index contributed by atoms with van der Waals surface area (Å²) in [6, 6.07) is 20.9. The molecule has 0 fully saturated rings. The van der Waals surface area contributed by atoms with Crippen LogP contribution in [0, 0.1) is 0 Å². The lowest BCUT2D eigenvalue weighted by atomic mass is 9.95. The van der Waals surface area contributed by atoms with Crippen molar-refractivity contribution >= 4 is 16.7 Å². The summed E-state index contributed by atoms with van der Waals surface area (Å²) in [4.78, 5) is 12.9. The summed E-state index contributed by atoms with van der Waals surface area (Å²) in [5.41, 5.74) is 1.08. The maximum absolute atomic E-state index is 12.9. The van der Waals surface area contributed by atoms with E-state index in [9.17, 15) is 9.90 Å². The second-order valence-corrected chi connectivity index (χ2v) is 6.37. The largest absolute Gasteiger partial charge is 0.508 e. The number of carbonyl (C=O) groups is 1. The first kappa shape index (κ1) is 17.7. The topological polar surface area (TPSA) is 71.7 Å². The second-order valence-electron chi connectivity index (χ2n) is 6.37. The van der Waals surface area contributed by atoms with E-state index in [1.165, 1.54) is 0 Å². The third-order valence-corrected chi connectivity index (χ3v) is 4.69. The lowest BCUT2D eigenvalue weighted by molar-refractivity contribution is 0.0939. The van der Waals surface area contributed by atoms with Crippen molar-refractivity contribution in [2.75, 3.05) is 7.11 Å². The minimum absolute atomic E-state index is 0.0927. The summed E-state index contributed by atoms with van der Waals surface area (Å²) in [6.07, 6.45) is 1.55. The number of aromatic hydroxyl groups is 1. The van der Waals surface area contributed by atoms with E-state index >= 15 is 0 Å². The van der Waals surface area contributed by atoms with Gasteiger partial charge >= 0.3 is 0 Å². The van der Waals surface area contributed by atoms with Crippen LogP contribution in [0.4, 0.5) is 0 Å². The molecule has 140 valence electrons. The number of hydrogen-bond donors (Lipinski definition) is 2. The van der Waals surface area contributed by atoms with Crippen LogP contribution in [0.3, 0.4) is 0 Å². The van der Waals surface area contributed by atoms with E-state index in [-0.39, 0.29) is 11.7 Å². The van der Waals surface area contributed by atoms with Crippen molar-refractivity contribution in [2.45, 2.75) is 6.04 Å². The number of ether oxygens (including phenoxy) is 1. The van der Waals surface area contributed by atoms with Gasteiger partial charge in [0.2, 0.25) is 0 Å². The number of hydrogen-bond acceptors (Lipinski definition) is 4. The molecule has 5 nitrogen and oxygen atoms in total. The zero-order valence-electron chi connectivity index (χ0n) is 15.3. The number of phenolic OH excluding ortho intramolecular Hbond substituents is 1. The Labute approximate surface area is 162 Å². The molecule has 4 rings (SSSR count). The van der Waals surface area contributed by atoms with Gasteiger partial charge in [0.25, 0.3) is 5.91 Å². The lowest BCUT2D eigenvalue weighted by Gasteiger charge is -2.20. The van der Waals surface area contributed by atoms with Crippen LogP contribution in [0.15, 0.2) is 83.5 Å². The van der Waals surface area contributed by atoms with Gasteiger partial charge in [-0.1, -0.05) is 30.3 Å². The van der Waals surface area contributed by atoms with Gasteiger partial charge < -0.3 is 19.6 Å². The SMILES string of the molecule is COc1ccc(C(=O)N[C@@H](c2ccco2)c2c(O)ccc3ccccc23)cc1. The molecule has 2 N–H and O–H groups in total. The molecule has 5 heteroatoms. The molecule has 0 radical (unpaired) electrons. The highest BCUT2D eigenvalue weighted by Crippen LogP contribution is 2.36. The Bertz CT molecular complexity index is 1100. The van der Waals surface area contributed by atoms with E-state index in [4.69, 9.17) is 9.15 Å². The standard InChI is InChI=1S/C23H19NO4/c1-27-17-11-8-16(9-12-17)23(26)24-22(20-7-4-14-28-20)21-18-6-3-2-5-15(18)10-13-19(21)25/h2-14,22,25H,1H3,(H,24,26)/t22-/m0/s1. The average molecular weight is 373 g/mol. The van der Waals surface area contributed by atoms with Gasteiger partial charge in [-0.3, -0.25) is 4.79 Å². The van der Waals surface area contributed by atoms with Crippen molar-refractivity contribution in [1.29, 1.82) is 0 Å². The van der Waals surface area contributed by atoms with Crippen LogP contribution in [0.25, 0.3) is 10.8 Å². The minimum atomic E-state index is -0.643. The van der Waals surface area contributed by atoms with Crippen LogP contribution >= 0.6 is 0 Å². The van der Waals surface area contributed by atoms with Crippen molar-refractivity contribution in [3.63, 3.8) is 0 Å². The molecule has 1 amide bonds. The third kappa shape index (κ3) is 3.30. The Balaban J connectivity index is 1.77. The van der Waals surface area contributed by atoms with Gasteiger partial charge in [-0.15, -0.1) is 0 Å². The highest BCUT2D eigenvalue weighted by atomic mass is 16.5. The molecule has 4 aromatic rings. The molecule has 1 heterocycles. The van der Waals surface area contributed by atoms with E-state index in [0.717, 1.165) is 10.8 Å². The van der Waals surface area contributed by atoms with E-state index in [0.29, 0.717) is 22.6 Å². The molecule has 3 aromatic carbocycles. The fraction of sp³-hybridized carbons (Fsp3) is 0.0870. The number of furan rings is 1. The van der Waals surface area contributed by atoms with Crippen LogP contribution < -0.4 is 10.1 Å². The third-order valence-electron chi connectivity index (χ3n) is 4.69. The molecule has 0 saturated carbocycles. The van der Waals surface area contributed by atoms with Gasteiger partial charge in [-0.25, -0.2) is 0 Å². The van der Waals surface area contributed by atoms with Crippen LogP contribution in [-0.2, 0) is 0 Å². The fourth-order valence-electron chi connectivity index (χ4n) is 3.29. The van der Waals surface area contributed by atoms with E-state index in [1.54, 1.807) is 55.8 Å². The number of fused-ring (bicyclic) bond motifs is 1. The summed E-state index contributed by atoms with van der Waals surface area (Å²) < 4.78 is 10.7. The zero-order valence-corrected chi connectivity index (χ0v) is 15.3. The minimum Gasteiger partial charge on any atom is -0.508 e. The zero-order chi connectivity index (χ0) is 19.5. The highest BCUT2D eigenvalue weighted by molar-refractivity contribution is 5.96. The first-order valence-electron chi connectivity index (χ1n) is 8.86. The summed E-state index contributed by atoms with van der Waals surface area (Å²) in [5, 5.41) is 15.4. The fourth-order valence-corrected chi connectivity index (χ4v) is 3.29. The molecule has 0 aliphatic rings. The number of nitrogens with one attached hydrogen (secondary N) is 1. The van der Waals surface area contributed by atoms with Crippen molar-refractivity contribution < 1.29 is 19.1 Å². The number of amides is 1. The maximum atomic E-state index is 12.9. The molecule has 1 aromatic heterocycles. The lowest BCUT2D eigenvalue weighted by Crippen LogP contribution is -2.29. The molecule has 0 unspecified atom stereocenters. The van der Waals surface area contributed by atoms with Crippen LogP contribution in [0.5, 0.6) is 11.5 Å². The van der Waals surface area contributed by atoms with Gasteiger partial charge in [0.05, 0.1) is 13.4 Å². The predicted octanol–water partition coefficient (Wildman–Crippen LogP) is 4.67. The van der Waals surface area contributed by atoms with Gasteiger partial charge in [0.15, 0.2) is 0 Å². The monoisotopic (exact) mass is 373 g/mol. The van der Waals surface area contributed by atoms with Gasteiger partial charge in [0.1, 0.15) is 23.3 Å². The number of benzene rings is 3. The molecule has 1 atom stereocenters. The molecule has 0 aliphatic carbocycles. The second kappa shape index (κ2) is 7.48. The van der Waals surface area contributed by atoms with Crippen LogP contribution in [0.1, 0.15) is 27.7 Å². The van der Waals surface area contributed by atoms with Gasteiger partial charge in [0, 0.05) is 11.1 Å². The highest BCUT2D eigenvalue weighted by Gasteiger charge is 2.25. The normalized spacial score (nSPS) is 11.9. The molecule has 0 spiro atoms. The Morgan fingerprint density at radius 3 is 2.50 bits per heavy atom. The molecule has 0 aliphatic heterocycles. The van der Waals surface area contributed by atoms with Crippen LogP contribution in [0.2, 0.25) is 0 Å². The van der Waals surface area contributed by atoms with Gasteiger partial charge in [-0.2, -0.15) is 0 Å². The molecular formula is C23H19NO4. The van der Waals surface area contributed by atoms with Crippen molar-refractivity contribution in [2.24, 2.45) is 0 Å². The van der Waals surface area contributed by atoms with Gasteiger partial charge in [-0.05, 0) is 53.2 Å². The Morgan fingerprint density at radius 1 is 1.00 bits per heavy atom. The first-order chi connectivity index (χ1) is 13.7.